The minimum atomic E-state index is -0.270. The van der Waals surface area contributed by atoms with E-state index in [1.807, 2.05) is 11.4 Å². The Hall–Kier alpha value is -0.380. The molecule has 0 saturated heterocycles. The fraction of sp³-hybridized carbons (Fsp3) is 0.556. The smallest absolute Gasteiger partial charge is 0.0885 e. The van der Waals surface area contributed by atoms with Crippen molar-refractivity contribution in [1.82, 2.24) is 0 Å². The molecular formula is C9H13NOS. The highest BCUT2D eigenvalue weighted by molar-refractivity contribution is 7.10. The highest BCUT2D eigenvalue weighted by Crippen LogP contribution is 2.36. The van der Waals surface area contributed by atoms with Crippen molar-refractivity contribution in [2.75, 3.05) is 0 Å². The van der Waals surface area contributed by atoms with Crippen LogP contribution in [0.1, 0.15) is 41.8 Å². The second kappa shape index (κ2) is 3.17. The third-order valence-corrected chi connectivity index (χ3v) is 3.46. The molecule has 0 saturated carbocycles. The molecule has 2 rings (SSSR count). The number of thiophene rings is 1. The zero-order chi connectivity index (χ0) is 8.55. The van der Waals surface area contributed by atoms with Crippen LogP contribution < -0.4 is 5.73 Å². The Bertz CT molecular complexity index is 247. The van der Waals surface area contributed by atoms with Gasteiger partial charge in [0.2, 0.25) is 0 Å². The lowest BCUT2D eigenvalue weighted by Crippen LogP contribution is -2.08. The molecule has 1 heterocycles. The van der Waals surface area contributed by atoms with Crippen molar-refractivity contribution in [3.8, 4) is 0 Å². The van der Waals surface area contributed by atoms with Crippen LogP contribution in [0.15, 0.2) is 11.4 Å². The van der Waals surface area contributed by atoms with Crippen molar-refractivity contribution in [1.29, 1.82) is 0 Å². The fourth-order valence-electron chi connectivity index (χ4n) is 1.73. The number of aliphatic hydroxyl groups is 1. The van der Waals surface area contributed by atoms with Gasteiger partial charge in [0, 0.05) is 10.9 Å². The lowest BCUT2D eigenvalue weighted by atomic mass is 10.1. The quantitative estimate of drug-likeness (QED) is 0.604. The molecule has 0 aromatic carbocycles. The first-order chi connectivity index (χ1) is 5.79. The molecule has 1 aliphatic carbocycles. The van der Waals surface area contributed by atoms with Gasteiger partial charge in [-0.25, -0.2) is 0 Å². The maximum Gasteiger partial charge on any atom is 0.0885 e. The molecule has 0 spiro atoms. The summed E-state index contributed by atoms with van der Waals surface area (Å²) in [5.41, 5.74) is 7.11. The van der Waals surface area contributed by atoms with E-state index in [9.17, 15) is 5.11 Å². The molecule has 2 atom stereocenters. The van der Waals surface area contributed by atoms with E-state index in [-0.39, 0.29) is 12.1 Å². The van der Waals surface area contributed by atoms with Crippen LogP contribution in [-0.2, 0) is 0 Å². The molecule has 0 unspecified atom stereocenters. The molecule has 3 heteroatoms. The second-order valence-electron chi connectivity index (χ2n) is 3.29. The molecule has 0 amide bonds. The van der Waals surface area contributed by atoms with Gasteiger partial charge in [-0.2, -0.15) is 0 Å². The number of nitrogens with two attached hydrogens (primary N) is 1. The maximum absolute atomic E-state index is 9.70. The van der Waals surface area contributed by atoms with E-state index in [0.717, 1.165) is 29.7 Å². The largest absolute Gasteiger partial charge is 0.388 e. The summed E-state index contributed by atoms with van der Waals surface area (Å²) in [6.45, 7) is 0. The van der Waals surface area contributed by atoms with Crippen LogP contribution in [0.4, 0.5) is 0 Å². The lowest BCUT2D eigenvalue weighted by molar-refractivity contribution is 0.170. The molecule has 1 aliphatic rings. The monoisotopic (exact) mass is 183 g/mol. The normalized spacial score (nSPS) is 29.5. The third-order valence-electron chi connectivity index (χ3n) is 2.42. The predicted octanol–water partition coefficient (Wildman–Crippen LogP) is 1.97. The van der Waals surface area contributed by atoms with Crippen LogP contribution in [0.3, 0.4) is 0 Å². The van der Waals surface area contributed by atoms with Gasteiger partial charge in [0.15, 0.2) is 0 Å². The molecule has 0 fully saturated rings. The van der Waals surface area contributed by atoms with E-state index in [1.54, 1.807) is 11.3 Å². The first-order valence-corrected chi connectivity index (χ1v) is 5.18. The highest BCUT2D eigenvalue weighted by Gasteiger charge is 2.21. The van der Waals surface area contributed by atoms with Gasteiger partial charge in [-0.15, -0.1) is 11.3 Å². The summed E-state index contributed by atoms with van der Waals surface area (Å²) in [6.07, 6.45) is 2.62. The first kappa shape index (κ1) is 8.23. The summed E-state index contributed by atoms with van der Waals surface area (Å²) >= 11 is 1.62. The van der Waals surface area contributed by atoms with Gasteiger partial charge in [-0.1, -0.05) is 0 Å². The van der Waals surface area contributed by atoms with Gasteiger partial charge in [-0.3, -0.25) is 0 Å². The fourth-order valence-corrected chi connectivity index (χ4v) is 2.72. The Morgan fingerprint density at radius 1 is 1.50 bits per heavy atom. The summed E-state index contributed by atoms with van der Waals surface area (Å²) in [7, 11) is 0. The Morgan fingerprint density at radius 3 is 3.17 bits per heavy atom. The van der Waals surface area contributed by atoms with E-state index in [1.165, 1.54) is 0 Å². The van der Waals surface area contributed by atoms with E-state index >= 15 is 0 Å². The van der Waals surface area contributed by atoms with Gasteiger partial charge in [0.1, 0.15) is 0 Å². The van der Waals surface area contributed by atoms with Crippen LogP contribution in [-0.4, -0.2) is 5.11 Å². The lowest BCUT2D eigenvalue weighted by Gasteiger charge is -2.08. The molecule has 3 N–H and O–H groups in total. The molecule has 12 heavy (non-hydrogen) atoms. The Morgan fingerprint density at radius 2 is 2.33 bits per heavy atom. The van der Waals surface area contributed by atoms with Crippen LogP contribution >= 0.6 is 11.3 Å². The topological polar surface area (TPSA) is 46.2 Å². The number of hydrogen-bond donors (Lipinski definition) is 2. The number of rotatable bonds is 0. The number of fused-ring (bicyclic) bond motifs is 1. The van der Waals surface area contributed by atoms with Crippen molar-refractivity contribution >= 4 is 11.3 Å². The average molecular weight is 183 g/mol. The summed E-state index contributed by atoms with van der Waals surface area (Å²) in [5, 5.41) is 11.7. The molecule has 0 radical (unpaired) electrons. The SMILES string of the molecule is N[C@@H]1CCC[C@H](O)c2sccc21. The summed E-state index contributed by atoms with van der Waals surface area (Å²) in [6, 6.07) is 2.18. The molecule has 1 aromatic heterocycles. The van der Waals surface area contributed by atoms with Crippen LogP contribution in [0.5, 0.6) is 0 Å². The van der Waals surface area contributed by atoms with Crippen molar-refractivity contribution in [3.05, 3.63) is 21.9 Å². The number of aliphatic hydroxyl groups excluding tert-OH is 1. The Kier molecular flexibility index (Phi) is 2.17. The maximum atomic E-state index is 9.70. The molecule has 0 bridgehead atoms. The van der Waals surface area contributed by atoms with E-state index in [0.29, 0.717) is 0 Å². The van der Waals surface area contributed by atoms with E-state index in [4.69, 9.17) is 5.73 Å². The van der Waals surface area contributed by atoms with Crippen LogP contribution in [0, 0.1) is 0 Å². The standard InChI is InChI=1S/C9H13NOS/c10-7-2-1-3-8(11)9-6(7)4-5-12-9/h4-5,7-8,11H,1-3,10H2/t7-,8+/m1/s1. The van der Waals surface area contributed by atoms with Gasteiger partial charge in [0.05, 0.1) is 6.10 Å². The van der Waals surface area contributed by atoms with Gasteiger partial charge < -0.3 is 10.8 Å². The highest BCUT2D eigenvalue weighted by atomic mass is 32.1. The second-order valence-corrected chi connectivity index (χ2v) is 4.24. The zero-order valence-electron chi connectivity index (χ0n) is 6.86. The zero-order valence-corrected chi connectivity index (χ0v) is 7.68. The van der Waals surface area contributed by atoms with Crippen molar-refractivity contribution < 1.29 is 5.11 Å². The van der Waals surface area contributed by atoms with Crippen molar-refractivity contribution in [2.45, 2.75) is 31.4 Å². The summed E-state index contributed by atoms with van der Waals surface area (Å²) in [5.74, 6) is 0. The molecule has 2 nitrogen and oxygen atoms in total. The van der Waals surface area contributed by atoms with E-state index in [2.05, 4.69) is 0 Å². The Balaban J connectivity index is 2.39. The Labute approximate surface area is 76.0 Å². The average Bonchev–Trinajstić information content (AvgIpc) is 2.47. The molecular weight excluding hydrogens is 170 g/mol. The minimum absolute atomic E-state index is 0.142. The van der Waals surface area contributed by atoms with Gasteiger partial charge in [0.25, 0.3) is 0 Å². The van der Waals surface area contributed by atoms with Crippen LogP contribution in [0.25, 0.3) is 0 Å². The van der Waals surface area contributed by atoms with Crippen LogP contribution in [0.2, 0.25) is 0 Å². The molecule has 1 aromatic rings. The molecule has 66 valence electrons. The third kappa shape index (κ3) is 1.28. The first-order valence-electron chi connectivity index (χ1n) is 4.30. The predicted molar refractivity (Wildman–Crippen MR) is 50.1 cm³/mol. The summed E-state index contributed by atoms with van der Waals surface area (Å²) in [4.78, 5) is 1.08. The van der Waals surface area contributed by atoms with Gasteiger partial charge >= 0.3 is 0 Å². The minimum Gasteiger partial charge on any atom is -0.388 e. The van der Waals surface area contributed by atoms with Crippen molar-refractivity contribution in [3.63, 3.8) is 0 Å². The van der Waals surface area contributed by atoms with Crippen molar-refractivity contribution in [2.24, 2.45) is 5.73 Å². The molecule has 0 aliphatic heterocycles. The van der Waals surface area contributed by atoms with Gasteiger partial charge in [-0.05, 0) is 36.3 Å². The summed E-state index contributed by atoms with van der Waals surface area (Å²) < 4.78 is 0. The number of hydrogen-bond acceptors (Lipinski definition) is 3. The van der Waals surface area contributed by atoms with E-state index < -0.39 is 0 Å².